The molecule has 4 rings (SSSR count). The van der Waals surface area contributed by atoms with Crippen LogP contribution in [0.3, 0.4) is 0 Å². The molecule has 1 aliphatic rings. The Hall–Kier alpha value is -3.12. The number of nitrogens with one attached hydrogen (secondary N) is 1. The number of nitrogens with zero attached hydrogens (tertiary/aromatic N) is 2. The van der Waals surface area contributed by atoms with Crippen molar-refractivity contribution in [1.29, 1.82) is 0 Å². The quantitative estimate of drug-likeness (QED) is 0.227. The highest BCUT2D eigenvalue weighted by atomic mass is 31.2. The van der Waals surface area contributed by atoms with Crippen LogP contribution in [0.2, 0.25) is 0 Å². The molecule has 1 aromatic heterocycles. The molecule has 0 amide bonds. The average Bonchev–Trinajstić information content (AvgIpc) is 3.07. The first-order valence-electron chi connectivity index (χ1n) is 12.2. The Morgan fingerprint density at radius 1 is 1.15 bits per heavy atom. The lowest BCUT2D eigenvalue weighted by Crippen LogP contribution is -2.43. The van der Waals surface area contributed by atoms with Gasteiger partial charge in [0.05, 0.1) is 18.4 Å². The van der Waals surface area contributed by atoms with Crippen LogP contribution in [0.15, 0.2) is 70.4 Å². The molecule has 0 spiro atoms. The smallest absolute Gasteiger partial charge is 0.387 e. The highest BCUT2D eigenvalue weighted by Crippen LogP contribution is 2.48. The van der Waals surface area contributed by atoms with Gasteiger partial charge in [0.15, 0.2) is 11.9 Å². The predicted molar refractivity (Wildman–Crippen MR) is 141 cm³/mol. The molecule has 0 bridgehead atoms. The Labute approximate surface area is 223 Å². The van der Waals surface area contributed by atoms with Gasteiger partial charge < -0.3 is 24.4 Å². The molecule has 5 atom stereocenters. The summed E-state index contributed by atoms with van der Waals surface area (Å²) in [5, 5.41) is 10.8. The summed E-state index contributed by atoms with van der Waals surface area (Å²) in [4.78, 5) is 46.3. The third-order valence-corrected chi connectivity index (χ3v) is 7.95. The van der Waals surface area contributed by atoms with Gasteiger partial charge in [0.25, 0.3) is 5.56 Å². The number of aliphatic hydroxyl groups is 1. The van der Waals surface area contributed by atoms with Gasteiger partial charge in [-0.1, -0.05) is 42.5 Å². The van der Waals surface area contributed by atoms with Crippen molar-refractivity contribution in [2.24, 2.45) is 0 Å². The Bertz CT molecular complexity index is 1490. The Morgan fingerprint density at radius 2 is 1.79 bits per heavy atom. The number of hydrogen-bond acceptors (Lipinski definition) is 6. The summed E-state index contributed by atoms with van der Waals surface area (Å²) in [5.41, 5.74) is -1.71. The van der Waals surface area contributed by atoms with E-state index in [1.807, 2.05) is 36.2 Å². The van der Waals surface area contributed by atoms with Crippen LogP contribution in [-0.2, 0) is 27.1 Å². The fourth-order valence-electron chi connectivity index (χ4n) is 4.72. The zero-order valence-electron chi connectivity index (χ0n) is 21.6. The van der Waals surface area contributed by atoms with E-state index in [-0.39, 0.29) is 18.7 Å². The number of H-pyrrole nitrogens is 1. The van der Waals surface area contributed by atoms with Crippen molar-refractivity contribution in [2.45, 2.75) is 64.1 Å². The second-order valence-electron chi connectivity index (χ2n) is 9.67. The number of benzene rings is 2. The van der Waals surface area contributed by atoms with E-state index in [4.69, 9.17) is 9.47 Å². The van der Waals surface area contributed by atoms with Gasteiger partial charge in [0.2, 0.25) is 0 Å². The normalized spacial score (nSPS) is 24.0. The number of hydrogen-bond donors (Lipinski definition) is 4. The second kappa shape index (κ2) is 11.2. The Balaban J connectivity index is 1.62. The van der Waals surface area contributed by atoms with Crippen LogP contribution < -0.4 is 15.9 Å². The number of rotatable bonds is 9. The van der Waals surface area contributed by atoms with Gasteiger partial charge in [-0.25, -0.2) is 13.8 Å². The molecular weight excluding hydrogens is 532 g/mol. The number of para-hydroxylation sites is 1. The minimum absolute atomic E-state index is 0.104. The third kappa shape index (κ3) is 6.06. The summed E-state index contributed by atoms with van der Waals surface area (Å²) < 4.78 is 41.6. The molecule has 1 aliphatic heterocycles. The van der Waals surface area contributed by atoms with Crippen LogP contribution in [0.25, 0.3) is 0 Å². The lowest BCUT2D eigenvalue weighted by molar-refractivity contribution is -0.0503. The summed E-state index contributed by atoms with van der Waals surface area (Å²) in [6, 6.07) is 14.8. The Kier molecular flexibility index (Phi) is 8.27. The zero-order chi connectivity index (χ0) is 28.5. The van der Waals surface area contributed by atoms with Gasteiger partial charge in [-0.3, -0.25) is 19.0 Å². The monoisotopic (exact) mass is 563 g/mol. The number of aromatic amines is 1. The van der Waals surface area contributed by atoms with E-state index in [1.54, 1.807) is 18.2 Å². The summed E-state index contributed by atoms with van der Waals surface area (Å²) in [6.07, 6.45) is -4.58. The summed E-state index contributed by atoms with van der Waals surface area (Å²) in [5.74, 6) is 0. The highest BCUT2D eigenvalue weighted by Gasteiger charge is 2.55. The van der Waals surface area contributed by atoms with E-state index in [1.165, 1.54) is 13.0 Å². The fourth-order valence-corrected chi connectivity index (χ4v) is 5.68. The van der Waals surface area contributed by atoms with Gasteiger partial charge in [-0.05, 0) is 43.5 Å². The standard InChI is InChI=1S/C26H31FN3O8P/c1-16-8-4-5-10-19(16)15-37-17(2)30(39(34,35)36)20-11-7-6-9-18(20)14-21-23(32)26(3,27)24(38-21)29-13-12-22(31)28-25(29)33/h4-13,17,21,23-24,32H,14-15H2,1-3H3,(H,28,31,33)(H2,34,35,36)/t17?,21-,23-,24-,26-/m1/s1. The first-order chi connectivity index (χ1) is 18.3. The summed E-state index contributed by atoms with van der Waals surface area (Å²) in [7, 11) is -4.92. The van der Waals surface area contributed by atoms with Crippen molar-refractivity contribution < 1.29 is 33.3 Å². The van der Waals surface area contributed by atoms with E-state index in [2.05, 4.69) is 0 Å². The minimum Gasteiger partial charge on any atom is -0.387 e. The molecule has 4 N–H and O–H groups in total. The number of aliphatic hydroxyl groups excluding tert-OH is 1. The predicted octanol–water partition coefficient (Wildman–Crippen LogP) is 2.54. The molecule has 11 nitrogen and oxygen atoms in total. The van der Waals surface area contributed by atoms with Crippen LogP contribution in [0.1, 0.15) is 36.8 Å². The van der Waals surface area contributed by atoms with Crippen molar-refractivity contribution in [1.82, 2.24) is 9.55 Å². The van der Waals surface area contributed by atoms with E-state index in [0.717, 1.165) is 39.6 Å². The van der Waals surface area contributed by atoms with Crippen LogP contribution in [0.5, 0.6) is 0 Å². The lowest BCUT2D eigenvalue weighted by atomic mass is 9.94. The Morgan fingerprint density at radius 3 is 2.44 bits per heavy atom. The van der Waals surface area contributed by atoms with E-state index >= 15 is 4.39 Å². The molecule has 2 heterocycles. The topological polar surface area (TPSA) is 154 Å². The van der Waals surface area contributed by atoms with E-state index in [0.29, 0.717) is 5.56 Å². The van der Waals surface area contributed by atoms with Crippen LogP contribution in [-0.4, -0.2) is 48.5 Å². The van der Waals surface area contributed by atoms with Crippen molar-refractivity contribution in [2.75, 3.05) is 4.67 Å². The van der Waals surface area contributed by atoms with E-state index in [9.17, 15) is 29.0 Å². The van der Waals surface area contributed by atoms with Crippen molar-refractivity contribution in [3.63, 3.8) is 0 Å². The molecule has 0 radical (unpaired) electrons. The van der Waals surface area contributed by atoms with Gasteiger partial charge >= 0.3 is 13.4 Å². The van der Waals surface area contributed by atoms with Gasteiger partial charge in [0, 0.05) is 18.7 Å². The van der Waals surface area contributed by atoms with Crippen LogP contribution >= 0.6 is 7.75 Å². The molecule has 210 valence electrons. The fraction of sp³-hybridized carbons (Fsp3) is 0.385. The molecule has 39 heavy (non-hydrogen) atoms. The minimum atomic E-state index is -4.92. The number of ether oxygens (including phenoxy) is 2. The lowest BCUT2D eigenvalue weighted by Gasteiger charge is -2.33. The molecule has 3 aromatic rings. The summed E-state index contributed by atoms with van der Waals surface area (Å²) in [6.45, 7) is 4.59. The molecule has 1 saturated heterocycles. The number of aryl methyl sites for hydroxylation is 1. The first kappa shape index (κ1) is 28.9. The number of halogens is 1. The van der Waals surface area contributed by atoms with Crippen molar-refractivity contribution in [3.05, 3.63) is 98.3 Å². The van der Waals surface area contributed by atoms with Crippen molar-refractivity contribution >= 4 is 13.4 Å². The van der Waals surface area contributed by atoms with Gasteiger partial charge in [-0.2, -0.15) is 0 Å². The summed E-state index contributed by atoms with van der Waals surface area (Å²) >= 11 is 0. The van der Waals surface area contributed by atoms with E-state index < -0.39 is 49.3 Å². The maximum atomic E-state index is 15.7. The largest absolute Gasteiger partial charge is 0.432 e. The number of aromatic nitrogens is 2. The SMILES string of the molecule is Cc1ccccc1COC(C)N(c1ccccc1C[C@H]1O[C@@H](n2ccc(=O)[nH]c2=O)[C@](C)(F)[C@@H]1O)P(=O)(O)O. The average molecular weight is 564 g/mol. The second-order valence-corrected chi connectivity index (χ2v) is 11.1. The number of anilines is 1. The van der Waals surface area contributed by atoms with Crippen LogP contribution in [0.4, 0.5) is 10.1 Å². The maximum absolute atomic E-state index is 15.7. The maximum Gasteiger partial charge on any atom is 0.432 e. The molecule has 1 fully saturated rings. The molecule has 0 saturated carbocycles. The highest BCUT2D eigenvalue weighted by molar-refractivity contribution is 7.53. The molecule has 1 unspecified atom stereocenters. The van der Waals surface area contributed by atoms with Gasteiger partial charge in [0.1, 0.15) is 12.3 Å². The first-order valence-corrected chi connectivity index (χ1v) is 13.8. The third-order valence-electron chi connectivity index (χ3n) is 6.85. The van der Waals surface area contributed by atoms with Crippen molar-refractivity contribution in [3.8, 4) is 0 Å². The number of alkyl halides is 1. The zero-order valence-corrected chi connectivity index (χ0v) is 22.5. The molecule has 13 heteroatoms. The van der Waals surface area contributed by atoms with Crippen LogP contribution in [0, 0.1) is 6.92 Å². The van der Waals surface area contributed by atoms with Gasteiger partial charge in [-0.15, -0.1) is 0 Å². The molecular formula is C26H31FN3O8P. The molecule has 2 aromatic carbocycles. The molecule has 0 aliphatic carbocycles.